The number of nitrogens with two attached hydrogens (primary N) is 1. The van der Waals surface area contributed by atoms with Crippen molar-refractivity contribution in [2.45, 2.75) is 31.8 Å². The van der Waals surface area contributed by atoms with E-state index in [9.17, 15) is 9.50 Å². The Morgan fingerprint density at radius 1 is 1.41 bits per heavy atom. The normalized spacial score (nSPS) is 14.4. The van der Waals surface area contributed by atoms with Crippen LogP contribution in [0.1, 0.15) is 26.2 Å². The molecule has 1 unspecified atom stereocenters. The van der Waals surface area contributed by atoms with Gasteiger partial charge in [-0.15, -0.1) is 0 Å². The Bertz CT molecular complexity index is 340. The molecule has 0 aliphatic heterocycles. The first-order chi connectivity index (χ1) is 8.11. The van der Waals surface area contributed by atoms with Crippen LogP contribution in [0, 0.1) is 5.82 Å². The van der Waals surface area contributed by atoms with Crippen molar-refractivity contribution in [1.82, 2.24) is 0 Å². The first kappa shape index (κ1) is 13.9. The van der Waals surface area contributed by atoms with Crippen LogP contribution in [0.25, 0.3) is 0 Å². The number of halogens is 1. The van der Waals surface area contributed by atoms with E-state index in [1.165, 1.54) is 6.07 Å². The van der Waals surface area contributed by atoms with Crippen LogP contribution >= 0.6 is 0 Å². The molecule has 0 radical (unpaired) electrons. The molecule has 0 bridgehead atoms. The molecule has 0 saturated heterocycles. The van der Waals surface area contributed by atoms with Gasteiger partial charge in [-0.2, -0.15) is 0 Å². The highest BCUT2D eigenvalue weighted by Crippen LogP contribution is 2.18. The summed E-state index contributed by atoms with van der Waals surface area (Å²) < 4.78 is 18.5. The fraction of sp³-hybridized carbons (Fsp3) is 0.538. The van der Waals surface area contributed by atoms with Gasteiger partial charge < -0.3 is 15.6 Å². The van der Waals surface area contributed by atoms with Crippen LogP contribution in [0.2, 0.25) is 0 Å². The smallest absolute Gasteiger partial charge is 0.165 e. The lowest BCUT2D eigenvalue weighted by molar-refractivity contribution is 0.0307. The van der Waals surface area contributed by atoms with Gasteiger partial charge in [0.15, 0.2) is 11.6 Å². The molecular formula is C13H20FNO2. The first-order valence-corrected chi connectivity index (χ1v) is 5.91. The zero-order valence-electron chi connectivity index (χ0n) is 10.2. The minimum absolute atomic E-state index is 0.239. The molecule has 0 saturated carbocycles. The zero-order valence-corrected chi connectivity index (χ0v) is 10.2. The molecule has 4 heteroatoms. The van der Waals surface area contributed by atoms with Crippen molar-refractivity contribution in [3.63, 3.8) is 0 Å². The van der Waals surface area contributed by atoms with E-state index in [1.54, 1.807) is 18.2 Å². The number of aliphatic hydroxyl groups is 1. The average Bonchev–Trinajstić information content (AvgIpc) is 2.36. The minimum atomic E-state index is -0.821. The number of benzene rings is 1. The molecule has 0 heterocycles. The van der Waals surface area contributed by atoms with Crippen molar-refractivity contribution >= 4 is 0 Å². The highest BCUT2D eigenvalue weighted by molar-refractivity contribution is 5.23. The Morgan fingerprint density at radius 2 is 2.12 bits per heavy atom. The molecule has 3 N–H and O–H groups in total. The molecule has 0 aliphatic carbocycles. The Morgan fingerprint density at radius 3 is 2.71 bits per heavy atom. The molecule has 1 aromatic carbocycles. The van der Waals surface area contributed by atoms with Crippen LogP contribution in [-0.2, 0) is 0 Å². The van der Waals surface area contributed by atoms with Gasteiger partial charge in [0.1, 0.15) is 0 Å². The lowest BCUT2D eigenvalue weighted by Gasteiger charge is -2.24. The van der Waals surface area contributed by atoms with Crippen molar-refractivity contribution in [2.75, 3.05) is 13.2 Å². The Labute approximate surface area is 101 Å². The second kappa shape index (κ2) is 6.57. The third kappa shape index (κ3) is 4.32. The van der Waals surface area contributed by atoms with Gasteiger partial charge in [-0.05, 0) is 31.4 Å². The fourth-order valence-corrected chi connectivity index (χ4v) is 1.57. The van der Waals surface area contributed by atoms with Crippen LogP contribution in [0.5, 0.6) is 5.75 Å². The highest BCUT2D eigenvalue weighted by atomic mass is 19.1. The van der Waals surface area contributed by atoms with Gasteiger partial charge in [0.25, 0.3) is 0 Å². The van der Waals surface area contributed by atoms with E-state index in [1.807, 2.05) is 6.92 Å². The highest BCUT2D eigenvalue weighted by Gasteiger charge is 2.21. The topological polar surface area (TPSA) is 55.5 Å². The molecule has 17 heavy (non-hydrogen) atoms. The number of hydrogen-bond acceptors (Lipinski definition) is 3. The average molecular weight is 241 g/mol. The summed E-state index contributed by atoms with van der Waals surface area (Å²) in [6.07, 6.45) is 1.83. The SMILES string of the molecule is CCC(O)(CN)CCCOc1ccccc1F. The van der Waals surface area contributed by atoms with Crippen LogP contribution < -0.4 is 10.5 Å². The molecule has 1 aromatic rings. The number of rotatable bonds is 7. The monoisotopic (exact) mass is 241 g/mol. The van der Waals surface area contributed by atoms with Crippen LogP contribution in [0.15, 0.2) is 24.3 Å². The molecule has 0 aliphatic rings. The van der Waals surface area contributed by atoms with Crippen LogP contribution in [-0.4, -0.2) is 23.9 Å². The molecule has 0 spiro atoms. The maximum absolute atomic E-state index is 13.2. The van der Waals surface area contributed by atoms with Crippen molar-refractivity contribution in [3.05, 3.63) is 30.1 Å². The van der Waals surface area contributed by atoms with Crippen molar-refractivity contribution in [3.8, 4) is 5.75 Å². The number of para-hydroxylation sites is 1. The predicted octanol–water partition coefficient (Wildman–Crippen LogP) is 2.08. The quantitative estimate of drug-likeness (QED) is 0.719. The molecule has 0 fully saturated rings. The second-order valence-corrected chi connectivity index (χ2v) is 4.16. The molecule has 1 rings (SSSR count). The summed E-state index contributed by atoms with van der Waals surface area (Å²) in [7, 11) is 0. The lowest BCUT2D eigenvalue weighted by Crippen LogP contribution is -2.37. The number of hydrogen-bond donors (Lipinski definition) is 2. The summed E-state index contributed by atoms with van der Waals surface area (Å²) >= 11 is 0. The molecular weight excluding hydrogens is 221 g/mol. The van der Waals surface area contributed by atoms with E-state index >= 15 is 0 Å². The van der Waals surface area contributed by atoms with Gasteiger partial charge in [0, 0.05) is 6.54 Å². The Balaban J connectivity index is 2.32. The molecule has 3 nitrogen and oxygen atoms in total. The summed E-state index contributed by atoms with van der Waals surface area (Å²) in [5, 5.41) is 9.93. The van der Waals surface area contributed by atoms with Crippen LogP contribution in [0.3, 0.4) is 0 Å². The molecule has 96 valence electrons. The van der Waals surface area contributed by atoms with E-state index in [-0.39, 0.29) is 18.1 Å². The van der Waals surface area contributed by atoms with Gasteiger partial charge >= 0.3 is 0 Å². The van der Waals surface area contributed by atoms with Gasteiger partial charge in [-0.25, -0.2) is 4.39 Å². The van der Waals surface area contributed by atoms with Gasteiger partial charge in [0.05, 0.1) is 12.2 Å². The van der Waals surface area contributed by atoms with Gasteiger partial charge in [-0.3, -0.25) is 0 Å². The maximum Gasteiger partial charge on any atom is 0.165 e. The van der Waals surface area contributed by atoms with E-state index in [2.05, 4.69) is 0 Å². The Kier molecular flexibility index (Phi) is 5.38. The summed E-state index contributed by atoms with van der Waals surface area (Å²) in [6.45, 7) is 2.51. The van der Waals surface area contributed by atoms with E-state index in [4.69, 9.17) is 10.5 Å². The van der Waals surface area contributed by atoms with Gasteiger partial charge in [0.2, 0.25) is 0 Å². The van der Waals surface area contributed by atoms with E-state index in [0.717, 1.165) is 0 Å². The summed E-state index contributed by atoms with van der Waals surface area (Å²) in [5.41, 5.74) is 4.66. The second-order valence-electron chi connectivity index (χ2n) is 4.16. The lowest BCUT2D eigenvalue weighted by atomic mass is 9.95. The number of ether oxygens (including phenoxy) is 1. The fourth-order valence-electron chi connectivity index (χ4n) is 1.57. The summed E-state index contributed by atoms with van der Waals surface area (Å²) in [5.74, 6) is -0.114. The third-order valence-electron chi connectivity index (χ3n) is 2.92. The Hall–Kier alpha value is -1.13. The minimum Gasteiger partial charge on any atom is -0.491 e. The predicted molar refractivity (Wildman–Crippen MR) is 65.4 cm³/mol. The zero-order chi connectivity index (χ0) is 12.7. The molecule has 0 amide bonds. The van der Waals surface area contributed by atoms with Crippen LogP contribution in [0.4, 0.5) is 4.39 Å². The van der Waals surface area contributed by atoms with E-state index in [0.29, 0.717) is 25.9 Å². The summed E-state index contributed by atoms with van der Waals surface area (Å²) in [6, 6.07) is 6.29. The standard InChI is InChI=1S/C13H20FNO2/c1-2-13(16,10-15)8-5-9-17-12-7-4-3-6-11(12)14/h3-4,6-7,16H,2,5,8-10,15H2,1H3. The van der Waals surface area contributed by atoms with E-state index < -0.39 is 5.60 Å². The largest absolute Gasteiger partial charge is 0.491 e. The summed E-state index contributed by atoms with van der Waals surface area (Å²) in [4.78, 5) is 0. The molecule has 0 aromatic heterocycles. The van der Waals surface area contributed by atoms with Crippen molar-refractivity contribution in [1.29, 1.82) is 0 Å². The van der Waals surface area contributed by atoms with Crippen molar-refractivity contribution in [2.24, 2.45) is 5.73 Å². The van der Waals surface area contributed by atoms with Crippen molar-refractivity contribution < 1.29 is 14.2 Å². The first-order valence-electron chi connectivity index (χ1n) is 5.91. The third-order valence-corrected chi connectivity index (χ3v) is 2.92. The van der Waals surface area contributed by atoms with Gasteiger partial charge in [-0.1, -0.05) is 19.1 Å². The maximum atomic E-state index is 13.2. The molecule has 1 atom stereocenters.